The predicted octanol–water partition coefficient (Wildman–Crippen LogP) is 0.0935. The molecule has 3 atom stereocenters. The summed E-state index contributed by atoms with van der Waals surface area (Å²) in [5.74, 6) is -0.0596. The molecule has 11 nitrogen and oxygen atoms in total. The molecule has 1 aliphatic rings. The van der Waals surface area contributed by atoms with Gasteiger partial charge in [0.2, 0.25) is 5.91 Å². The average molecular weight is 431 g/mol. The second-order valence-electron chi connectivity index (χ2n) is 8.15. The van der Waals surface area contributed by atoms with Crippen LogP contribution in [-0.2, 0) is 11.3 Å². The highest BCUT2D eigenvalue weighted by atomic mass is 16.5. The maximum atomic E-state index is 13.3. The fourth-order valence-electron chi connectivity index (χ4n) is 3.48. The van der Waals surface area contributed by atoms with Crippen LogP contribution < -0.4 is 10.1 Å². The first-order valence-corrected chi connectivity index (χ1v) is 10.2. The van der Waals surface area contributed by atoms with E-state index in [1.54, 1.807) is 23.1 Å². The number of benzene rings is 1. The average Bonchev–Trinajstić information content (AvgIpc) is 3.23. The Morgan fingerprint density at radius 1 is 1.42 bits per heavy atom. The minimum atomic E-state index is -0.348. The molecule has 2 aromatic rings. The van der Waals surface area contributed by atoms with Gasteiger partial charge in [-0.25, -0.2) is 4.68 Å². The second kappa shape index (κ2) is 9.84. The predicted molar refractivity (Wildman–Crippen MR) is 113 cm³/mol. The Kier molecular flexibility index (Phi) is 7.18. The zero-order valence-electron chi connectivity index (χ0n) is 18.2. The number of hydrogen-bond acceptors (Lipinski definition) is 8. The second-order valence-corrected chi connectivity index (χ2v) is 8.15. The summed E-state index contributed by atoms with van der Waals surface area (Å²) in [6, 6.07) is 4.65. The van der Waals surface area contributed by atoms with Gasteiger partial charge in [0.25, 0.3) is 5.91 Å². The van der Waals surface area contributed by atoms with Crippen molar-refractivity contribution >= 4 is 17.5 Å². The molecule has 168 valence electrons. The molecular formula is C20H29N7O4. The summed E-state index contributed by atoms with van der Waals surface area (Å²) in [5, 5.41) is 23.1. The van der Waals surface area contributed by atoms with Crippen molar-refractivity contribution in [3.05, 3.63) is 30.1 Å². The van der Waals surface area contributed by atoms with Gasteiger partial charge in [-0.3, -0.25) is 9.59 Å². The summed E-state index contributed by atoms with van der Waals surface area (Å²) in [7, 11) is 3.94. The van der Waals surface area contributed by atoms with Crippen LogP contribution >= 0.6 is 0 Å². The molecule has 11 heteroatoms. The number of hydrogen-bond donors (Lipinski definition) is 2. The number of aliphatic hydroxyl groups is 1. The molecule has 2 amide bonds. The molecule has 2 heterocycles. The zero-order valence-corrected chi connectivity index (χ0v) is 18.2. The highest BCUT2D eigenvalue weighted by molar-refractivity contribution is 5.99. The molecule has 31 heavy (non-hydrogen) atoms. The lowest BCUT2D eigenvalue weighted by atomic mass is 9.99. The number of aromatic nitrogens is 4. The van der Waals surface area contributed by atoms with E-state index in [0.717, 1.165) is 0 Å². The molecule has 0 fully saturated rings. The van der Waals surface area contributed by atoms with Crippen molar-refractivity contribution in [2.75, 3.05) is 39.1 Å². The van der Waals surface area contributed by atoms with Crippen LogP contribution in [0.3, 0.4) is 0 Å². The summed E-state index contributed by atoms with van der Waals surface area (Å²) in [6.45, 7) is 4.79. The summed E-state index contributed by atoms with van der Waals surface area (Å²) in [5.41, 5.74) is 0.805. The van der Waals surface area contributed by atoms with E-state index >= 15 is 0 Å². The van der Waals surface area contributed by atoms with Gasteiger partial charge in [0.1, 0.15) is 24.7 Å². The van der Waals surface area contributed by atoms with Crippen LogP contribution in [0.5, 0.6) is 5.75 Å². The summed E-state index contributed by atoms with van der Waals surface area (Å²) in [4.78, 5) is 29.3. The first kappa shape index (κ1) is 22.6. The van der Waals surface area contributed by atoms with E-state index in [1.807, 2.05) is 32.8 Å². The molecule has 0 radical (unpaired) electrons. The van der Waals surface area contributed by atoms with Crippen LogP contribution in [0.4, 0.5) is 5.69 Å². The van der Waals surface area contributed by atoms with Gasteiger partial charge in [0.05, 0.1) is 18.2 Å². The largest absolute Gasteiger partial charge is 0.488 e. The topological polar surface area (TPSA) is 126 Å². The smallest absolute Gasteiger partial charge is 0.258 e. The SMILES string of the molecule is C[C@@H]1CN([C@H](C)CO)C(=O)c2cc(NC(=O)Cn3cnnn3)ccc2O[C@@H]1CN(C)C. The van der Waals surface area contributed by atoms with Crippen molar-refractivity contribution in [2.45, 2.75) is 32.5 Å². The highest BCUT2D eigenvalue weighted by Crippen LogP contribution is 2.30. The van der Waals surface area contributed by atoms with Crippen molar-refractivity contribution in [3.8, 4) is 5.75 Å². The molecular weight excluding hydrogens is 402 g/mol. The van der Waals surface area contributed by atoms with Gasteiger partial charge in [0, 0.05) is 24.7 Å². The third-order valence-corrected chi connectivity index (χ3v) is 5.19. The van der Waals surface area contributed by atoms with Crippen molar-refractivity contribution in [1.82, 2.24) is 30.0 Å². The van der Waals surface area contributed by atoms with Gasteiger partial charge < -0.3 is 25.0 Å². The lowest BCUT2D eigenvalue weighted by molar-refractivity contribution is -0.116. The first-order valence-electron chi connectivity index (χ1n) is 10.2. The molecule has 1 aromatic heterocycles. The number of fused-ring (bicyclic) bond motifs is 1. The Balaban J connectivity index is 1.90. The fraction of sp³-hybridized carbons (Fsp3) is 0.550. The molecule has 0 aliphatic carbocycles. The number of nitrogens with one attached hydrogen (secondary N) is 1. The minimum absolute atomic E-state index is 0.0510. The molecule has 0 spiro atoms. The number of anilines is 1. The van der Waals surface area contributed by atoms with E-state index < -0.39 is 0 Å². The van der Waals surface area contributed by atoms with Crippen LogP contribution in [0.15, 0.2) is 24.5 Å². The van der Waals surface area contributed by atoms with E-state index in [-0.39, 0.29) is 43.0 Å². The number of carbonyl (C=O) groups excluding carboxylic acids is 2. The summed E-state index contributed by atoms with van der Waals surface area (Å²) in [6.07, 6.45) is 1.20. The molecule has 2 N–H and O–H groups in total. The van der Waals surface area contributed by atoms with Crippen LogP contribution in [0, 0.1) is 5.92 Å². The lowest BCUT2D eigenvalue weighted by Gasteiger charge is -2.37. The molecule has 0 bridgehead atoms. The van der Waals surface area contributed by atoms with Gasteiger partial charge >= 0.3 is 0 Å². The Morgan fingerprint density at radius 2 is 2.19 bits per heavy atom. The van der Waals surface area contributed by atoms with E-state index in [9.17, 15) is 14.7 Å². The van der Waals surface area contributed by atoms with Crippen LogP contribution in [-0.4, -0.2) is 92.9 Å². The molecule has 0 saturated carbocycles. The number of aliphatic hydroxyl groups excluding tert-OH is 1. The number of ether oxygens (including phenoxy) is 1. The summed E-state index contributed by atoms with van der Waals surface area (Å²) < 4.78 is 7.54. The van der Waals surface area contributed by atoms with Crippen molar-refractivity contribution in [1.29, 1.82) is 0 Å². The van der Waals surface area contributed by atoms with Crippen LogP contribution in [0.25, 0.3) is 0 Å². The van der Waals surface area contributed by atoms with Crippen LogP contribution in [0.1, 0.15) is 24.2 Å². The zero-order chi connectivity index (χ0) is 22.5. The Bertz CT molecular complexity index is 903. The third-order valence-electron chi connectivity index (χ3n) is 5.19. The minimum Gasteiger partial charge on any atom is -0.488 e. The van der Waals surface area contributed by atoms with Gasteiger partial charge in [-0.1, -0.05) is 6.92 Å². The van der Waals surface area contributed by atoms with Gasteiger partial charge in [-0.15, -0.1) is 5.10 Å². The van der Waals surface area contributed by atoms with Crippen molar-refractivity contribution in [2.24, 2.45) is 5.92 Å². The van der Waals surface area contributed by atoms with Gasteiger partial charge in [0.15, 0.2) is 0 Å². The molecule has 1 aliphatic heterocycles. The summed E-state index contributed by atoms with van der Waals surface area (Å²) >= 11 is 0. The monoisotopic (exact) mass is 431 g/mol. The number of carbonyl (C=O) groups is 2. The van der Waals surface area contributed by atoms with E-state index in [0.29, 0.717) is 30.1 Å². The van der Waals surface area contributed by atoms with E-state index in [4.69, 9.17) is 4.74 Å². The molecule has 1 aromatic carbocycles. The Morgan fingerprint density at radius 3 is 2.84 bits per heavy atom. The highest BCUT2D eigenvalue weighted by Gasteiger charge is 2.33. The van der Waals surface area contributed by atoms with Crippen molar-refractivity contribution in [3.63, 3.8) is 0 Å². The van der Waals surface area contributed by atoms with Crippen LogP contribution in [0.2, 0.25) is 0 Å². The third kappa shape index (κ3) is 5.56. The normalized spacial score (nSPS) is 19.9. The van der Waals surface area contributed by atoms with Crippen molar-refractivity contribution < 1.29 is 19.4 Å². The molecule has 3 rings (SSSR count). The number of amides is 2. The number of tetrazole rings is 1. The maximum absolute atomic E-state index is 13.3. The quantitative estimate of drug-likeness (QED) is 0.632. The van der Waals surface area contributed by atoms with E-state index in [2.05, 4.69) is 20.8 Å². The first-order chi connectivity index (χ1) is 14.8. The fourth-order valence-corrected chi connectivity index (χ4v) is 3.48. The van der Waals surface area contributed by atoms with Gasteiger partial charge in [-0.05, 0) is 49.6 Å². The number of nitrogens with zero attached hydrogens (tertiary/aromatic N) is 6. The number of rotatable bonds is 7. The molecule has 0 unspecified atom stereocenters. The van der Waals surface area contributed by atoms with E-state index in [1.165, 1.54) is 11.0 Å². The maximum Gasteiger partial charge on any atom is 0.258 e. The van der Waals surface area contributed by atoms with Gasteiger partial charge in [-0.2, -0.15) is 0 Å². The Labute approximate surface area is 181 Å². The Hall–Kier alpha value is -3.05. The lowest BCUT2D eigenvalue weighted by Crippen LogP contribution is -2.49. The standard InChI is InChI=1S/C20H29N7O4/c1-13-8-27(14(2)11-28)20(30)16-7-15(22-19(29)10-26-12-21-23-24-26)5-6-17(16)31-18(13)9-25(3)4/h5-7,12-14,18,28H,8-11H2,1-4H3,(H,22,29)/t13-,14-,18-/m1/s1. The molecule has 0 saturated heterocycles. The number of likely N-dealkylation sites (N-methyl/N-ethyl adjacent to an activating group) is 1.